The molecule has 10 nitrogen and oxygen atoms in total. The highest BCUT2D eigenvalue weighted by Gasteiger charge is 2.59. The minimum Gasteiger partial charge on any atom is -0.404 e. The molecule has 11 heteroatoms. The van der Waals surface area contributed by atoms with Gasteiger partial charge in [-0.1, -0.05) is 130 Å². The third-order valence-corrected chi connectivity index (χ3v) is 14.3. The second-order valence-electron chi connectivity index (χ2n) is 13.7. The molecule has 264 valence electrons. The van der Waals surface area contributed by atoms with Crippen molar-refractivity contribution in [2.75, 3.05) is 18.5 Å². The quantitative estimate of drug-likeness (QED) is 0.164. The van der Waals surface area contributed by atoms with Crippen molar-refractivity contribution in [2.45, 2.75) is 56.5 Å². The van der Waals surface area contributed by atoms with Crippen molar-refractivity contribution in [2.24, 2.45) is 0 Å². The number of aromatic nitrogens is 2. The summed E-state index contributed by atoms with van der Waals surface area (Å²) in [5.41, 5.74) is -1.10. The fourth-order valence-electron chi connectivity index (χ4n) is 6.81. The third kappa shape index (κ3) is 7.36. The standard InChI is InChI=1S/C40H43N3O7Si/c1-39(2,3)51(31-20-12-6-13-21-31,32-22-14-7-15-23-32)49-28-40(27-44)35(48-26-29-16-8-4-9-17-29)34(45)37(50-40)43-25-24-33(42-38(43)47)41-36(46)30-18-10-5-11-19-30/h4-25,34-35,37,44-45H,26-28H2,1-3H3,(H,41,42,46,47)/t34-,35?,37+,40+/m0/s1. The lowest BCUT2D eigenvalue weighted by Gasteiger charge is -2.45. The lowest BCUT2D eigenvalue weighted by molar-refractivity contribution is -0.161. The zero-order valence-corrected chi connectivity index (χ0v) is 29.9. The number of anilines is 1. The largest absolute Gasteiger partial charge is 0.404 e. The first-order chi connectivity index (χ1) is 24.6. The van der Waals surface area contributed by atoms with Crippen molar-refractivity contribution in [1.82, 2.24) is 9.55 Å². The van der Waals surface area contributed by atoms with E-state index in [2.05, 4.69) is 55.3 Å². The Bertz CT molecular complexity index is 1920. The number of nitrogens with one attached hydrogen (secondary N) is 1. The van der Waals surface area contributed by atoms with Gasteiger partial charge in [-0.2, -0.15) is 4.98 Å². The molecule has 0 aliphatic carbocycles. The van der Waals surface area contributed by atoms with Crippen molar-refractivity contribution in [3.05, 3.63) is 155 Å². The maximum Gasteiger partial charge on any atom is 0.351 e. The fourth-order valence-corrected chi connectivity index (χ4v) is 11.4. The average Bonchev–Trinajstić information content (AvgIpc) is 3.42. The van der Waals surface area contributed by atoms with Crippen molar-refractivity contribution < 1.29 is 28.9 Å². The summed E-state index contributed by atoms with van der Waals surface area (Å²) in [7, 11) is -3.13. The normalized spacial score (nSPS) is 20.6. The summed E-state index contributed by atoms with van der Waals surface area (Å²) in [6, 6.07) is 39.6. The van der Waals surface area contributed by atoms with Crippen LogP contribution in [0.5, 0.6) is 0 Å². The number of amides is 1. The second-order valence-corrected chi connectivity index (χ2v) is 18.0. The predicted molar refractivity (Wildman–Crippen MR) is 197 cm³/mol. The van der Waals surface area contributed by atoms with Crippen LogP contribution in [-0.4, -0.2) is 65.0 Å². The first kappa shape index (κ1) is 36.1. The maximum atomic E-state index is 13.5. The number of carbonyl (C=O) groups is 1. The van der Waals surface area contributed by atoms with Gasteiger partial charge in [0.1, 0.15) is 23.6 Å². The van der Waals surface area contributed by atoms with Gasteiger partial charge in [0.2, 0.25) is 0 Å². The molecule has 6 rings (SSSR count). The number of aliphatic hydroxyl groups is 2. The highest BCUT2D eigenvalue weighted by atomic mass is 28.4. The Morgan fingerprint density at radius 1 is 0.882 bits per heavy atom. The monoisotopic (exact) mass is 705 g/mol. The molecule has 2 heterocycles. The van der Waals surface area contributed by atoms with Crippen molar-refractivity contribution in [1.29, 1.82) is 0 Å². The van der Waals surface area contributed by atoms with Crippen LogP contribution in [0.25, 0.3) is 0 Å². The lowest BCUT2D eigenvalue weighted by Crippen LogP contribution is -2.68. The molecule has 1 aliphatic heterocycles. The summed E-state index contributed by atoms with van der Waals surface area (Å²) < 4.78 is 21.3. The average molecular weight is 706 g/mol. The molecule has 5 aromatic rings. The topological polar surface area (TPSA) is 132 Å². The van der Waals surface area contributed by atoms with Crippen molar-refractivity contribution in [3.8, 4) is 0 Å². The van der Waals surface area contributed by atoms with Crippen LogP contribution < -0.4 is 21.4 Å². The van der Waals surface area contributed by atoms with Crippen LogP contribution in [0.3, 0.4) is 0 Å². The van der Waals surface area contributed by atoms with Crippen LogP contribution in [0.2, 0.25) is 5.04 Å². The Morgan fingerprint density at radius 2 is 1.43 bits per heavy atom. The lowest BCUT2D eigenvalue weighted by atomic mass is 9.96. The van der Waals surface area contributed by atoms with Crippen molar-refractivity contribution in [3.63, 3.8) is 0 Å². The summed E-state index contributed by atoms with van der Waals surface area (Å²) in [6.45, 7) is 5.81. The van der Waals surface area contributed by atoms with Gasteiger partial charge < -0.3 is 29.4 Å². The Balaban J connectivity index is 1.36. The number of rotatable bonds is 12. The molecule has 1 aromatic heterocycles. The zero-order chi connectivity index (χ0) is 36.1. The van der Waals surface area contributed by atoms with Gasteiger partial charge >= 0.3 is 5.69 Å². The summed E-state index contributed by atoms with van der Waals surface area (Å²) in [4.78, 5) is 30.3. The minimum atomic E-state index is -3.13. The Labute approximate surface area is 298 Å². The molecule has 1 fully saturated rings. The van der Waals surface area contributed by atoms with Gasteiger partial charge in [-0.05, 0) is 39.2 Å². The van der Waals surface area contributed by atoms with Crippen LogP contribution in [0, 0.1) is 0 Å². The van der Waals surface area contributed by atoms with Gasteiger partial charge in [0.15, 0.2) is 6.23 Å². The van der Waals surface area contributed by atoms with Crippen LogP contribution in [0.15, 0.2) is 138 Å². The van der Waals surface area contributed by atoms with E-state index in [-0.39, 0.29) is 24.1 Å². The molecule has 4 atom stereocenters. The summed E-state index contributed by atoms with van der Waals surface area (Å²) in [5.74, 6) is -0.385. The summed E-state index contributed by atoms with van der Waals surface area (Å²) >= 11 is 0. The highest BCUT2D eigenvalue weighted by Crippen LogP contribution is 2.42. The molecule has 1 saturated heterocycles. The molecule has 3 N–H and O–H groups in total. The van der Waals surface area contributed by atoms with E-state index < -0.39 is 50.6 Å². The Morgan fingerprint density at radius 3 is 1.96 bits per heavy atom. The minimum absolute atomic E-state index is 0.0397. The number of carbonyl (C=O) groups excluding carboxylic acids is 1. The van der Waals surface area contributed by atoms with E-state index in [4.69, 9.17) is 13.9 Å². The van der Waals surface area contributed by atoms with E-state index in [1.165, 1.54) is 12.3 Å². The second kappa shape index (κ2) is 15.2. The molecule has 1 unspecified atom stereocenters. The smallest absolute Gasteiger partial charge is 0.351 e. The van der Waals surface area contributed by atoms with E-state index in [0.717, 1.165) is 20.5 Å². The fraction of sp³-hybridized carbons (Fsp3) is 0.275. The zero-order valence-electron chi connectivity index (χ0n) is 28.9. The van der Waals surface area contributed by atoms with E-state index in [1.807, 2.05) is 66.7 Å². The summed E-state index contributed by atoms with van der Waals surface area (Å²) in [6.07, 6.45) is -2.42. The number of hydrogen-bond acceptors (Lipinski definition) is 8. The Kier molecular flexibility index (Phi) is 10.8. The number of nitrogens with zero attached hydrogens (tertiary/aromatic N) is 2. The van der Waals surface area contributed by atoms with Crippen LogP contribution >= 0.6 is 0 Å². The molecular formula is C40H43N3O7Si. The van der Waals surface area contributed by atoms with Crippen molar-refractivity contribution >= 4 is 30.4 Å². The van der Waals surface area contributed by atoms with Crippen LogP contribution in [-0.2, 0) is 20.5 Å². The molecule has 51 heavy (non-hydrogen) atoms. The SMILES string of the molecule is CC(C)(C)[Si](OC[C@@]1(CO)O[C@@H](n2ccc(NC(=O)c3ccccc3)nc2=O)[C@@H](O)C1OCc1ccccc1)(c1ccccc1)c1ccccc1. The van der Waals surface area contributed by atoms with Gasteiger partial charge in [0.05, 0.1) is 19.8 Å². The van der Waals surface area contributed by atoms with Gasteiger partial charge in [0, 0.05) is 11.8 Å². The van der Waals surface area contributed by atoms with E-state index in [0.29, 0.717) is 5.56 Å². The molecule has 0 saturated carbocycles. The summed E-state index contributed by atoms with van der Waals surface area (Å²) in [5, 5.41) is 27.4. The number of hydrogen-bond donors (Lipinski definition) is 3. The third-order valence-electron chi connectivity index (χ3n) is 9.35. The molecule has 0 bridgehead atoms. The van der Waals surface area contributed by atoms with E-state index in [9.17, 15) is 19.8 Å². The van der Waals surface area contributed by atoms with Crippen LogP contribution in [0.4, 0.5) is 5.82 Å². The molecule has 1 amide bonds. The van der Waals surface area contributed by atoms with E-state index in [1.54, 1.807) is 30.3 Å². The Hall–Kier alpha value is -4.75. The predicted octanol–water partition coefficient (Wildman–Crippen LogP) is 4.28. The number of aliphatic hydroxyl groups excluding tert-OH is 2. The van der Waals surface area contributed by atoms with E-state index >= 15 is 0 Å². The highest BCUT2D eigenvalue weighted by molar-refractivity contribution is 6.99. The number of benzene rings is 4. The van der Waals surface area contributed by atoms with Gasteiger partial charge in [-0.3, -0.25) is 9.36 Å². The maximum absolute atomic E-state index is 13.5. The number of ether oxygens (including phenoxy) is 2. The van der Waals surface area contributed by atoms with Gasteiger partial charge in [0.25, 0.3) is 14.2 Å². The van der Waals surface area contributed by atoms with Crippen LogP contribution in [0.1, 0.15) is 42.9 Å². The molecule has 1 aliphatic rings. The van der Waals surface area contributed by atoms with Gasteiger partial charge in [-0.15, -0.1) is 0 Å². The molecule has 0 spiro atoms. The van der Waals surface area contributed by atoms with Gasteiger partial charge in [-0.25, -0.2) is 4.79 Å². The first-order valence-corrected chi connectivity index (χ1v) is 18.8. The molecule has 0 radical (unpaired) electrons. The molecule has 4 aromatic carbocycles. The molecular weight excluding hydrogens is 663 g/mol. The first-order valence-electron chi connectivity index (χ1n) is 16.9.